The van der Waals surface area contributed by atoms with Crippen LogP contribution in [0.25, 0.3) is 11.4 Å². The first-order chi connectivity index (χ1) is 14.6. The van der Waals surface area contributed by atoms with Crippen LogP contribution in [-0.2, 0) is 11.3 Å². The maximum atomic E-state index is 13.0. The van der Waals surface area contributed by atoms with Crippen LogP contribution in [0.2, 0.25) is 0 Å². The van der Waals surface area contributed by atoms with Gasteiger partial charge in [-0.3, -0.25) is 14.2 Å². The van der Waals surface area contributed by atoms with Crippen LogP contribution in [0.4, 0.5) is 0 Å². The van der Waals surface area contributed by atoms with Gasteiger partial charge in [-0.15, -0.1) is 0 Å². The predicted octanol–water partition coefficient (Wildman–Crippen LogP) is 1.97. The average Bonchev–Trinajstić information content (AvgIpc) is 2.97. The van der Waals surface area contributed by atoms with Crippen LogP contribution in [0.1, 0.15) is 22.2 Å². The SMILES string of the molecule is COc1ccc(Br)cc1C(=O)NC1COCCn2c1nc(-c1ccncn1)cc2=O. The molecule has 0 spiro atoms. The van der Waals surface area contributed by atoms with Gasteiger partial charge in [0.15, 0.2) is 0 Å². The van der Waals surface area contributed by atoms with Crippen LogP contribution < -0.4 is 15.6 Å². The molecule has 1 aliphatic rings. The van der Waals surface area contributed by atoms with E-state index in [1.54, 1.807) is 30.5 Å². The zero-order valence-electron chi connectivity index (χ0n) is 16.0. The predicted molar refractivity (Wildman–Crippen MR) is 111 cm³/mol. The number of nitrogens with zero attached hydrogens (tertiary/aromatic N) is 4. The van der Waals surface area contributed by atoms with Crippen LogP contribution in [0.3, 0.4) is 0 Å². The van der Waals surface area contributed by atoms with Crippen molar-refractivity contribution >= 4 is 21.8 Å². The highest BCUT2D eigenvalue weighted by Crippen LogP contribution is 2.24. The Bertz CT molecular complexity index is 1140. The molecule has 1 atom stereocenters. The number of aromatic nitrogens is 4. The highest BCUT2D eigenvalue weighted by Gasteiger charge is 2.26. The van der Waals surface area contributed by atoms with Crippen LogP contribution >= 0.6 is 15.9 Å². The summed E-state index contributed by atoms with van der Waals surface area (Å²) in [5, 5.41) is 2.92. The molecule has 3 heterocycles. The lowest BCUT2D eigenvalue weighted by molar-refractivity contribution is 0.0853. The third-order valence-electron chi connectivity index (χ3n) is 4.65. The van der Waals surface area contributed by atoms with E-state index < -0.39 is 6.04 Å². The molecule has 0 radical (unpaired) electrons. The lowest BCUT2D eigenvalue weighted by Crippen LogP contribution is -2.35. The van der Waals surface area contributed by atoms with Crippen molar-refractivity contribution in [3.8, 4) is 17.1 Å². The Labute approximate surface area is 180 Å². The minimum atomic E-state index is -0.627. The molecule has 0 saturated carbocycles. The molecular weight excluding hydrogens is 454 g/mol. The van der Waals surface area contributed by atoms with Gasteiger partial charge in [-0.2, -0.15) is 0 Å². The first-order valence-corrected chi connectivity index (χ1v) is 9.96. The van der Waals surface area contributed by atoms with E-state index in [0.717, 1.165) is 4.47 Å². The summed E-state index contributed by atoms with van der Waals surface area (Å²) in [4.78, 5) is 38.4. The van der Waals surface area contributed by atoms with Gasteiger partial charge in [0.25, 0.3) is 11.5 Å². The summed E-state index contributed by atoms with van der Waals surface area (Å²) >= 11 is 3.37. The molecule has 4 rings (SSSR count). The zero-order valence-corrected chi connectivity index (χ0v) is 17.6. The van der Waals surface area contributed by atoms with Crippen LogP contribution in [-0.4, -0.2) is 45.7 Å². The molecular formula is C20H18BrN5O4. The summed E-state index contributed by atoms with van der Waals surface area (Å²) in [6.45, 7) is 0.869. The number of carbonyl (C=O) groups is 1. The van der Waals surface area contributed by atoms with Crippen LogP contribution in [0, 0.1) is 0 Å². The first kappa shape index (κ1) is 20.2. The molecule has 1 aromatic carbocycles. The lowest BCUT2D eigenvalue weighted by atomic mass is 10.1. The maximum Gasteiger partial charge on any atom is 0.255 e. The molecule has 3 aromatic rings. The summed E-state index contributed by atoms with van der Waals surface area (Å²) in [7, 11) is 1.50. The molecule has 1 aliphatic heterocycles. The fourth-order valence-electron chi connectivity index (χ4n) is 3.22. The zero-order chi connectivity index (χ0) is 21.1. The molecule has 30 heavy (non-hydrogen) atoms. The van der Waals surface area contributed by atoms with Crippen molar-refractivity contribution in [1.82, 2.24) is 24.8 Å². The summed E-state index contributed by atoms with van der Waals surface area (Å²) in [6.07, 6.45) is 2.97. The van der Waals surface area contributed by atoms with Gasteiger partial charge in [0.05, 0.1) is 43.8 Å². The Morgan fingerprint density at radius 2 is 2.17 bits per heavy atom. The standard InChI is InChI=1S/C20H18BrN5O4/c1-29-17-3-2-12(21)8-13(17)20(28)25-16-10-30-7-6-26-18(27)9-15(24-19(16)26)14-4-5-22-11-23-14/h2-5,8-9,11,16H,6-7,10H2,1H3,(H,25,28). The first-order valence-electron chi connectivity index (χ1n) is 9.17. The Morgan fingerprint density at radius 1 is 1.30 bits per heavy atom. The van der Waals surface area contributed by atoms with E-state index in [2.05, 4.69) is 36.2 Å². The number of benzene rings is 1. The summed E-state index contributed by atoms with van der Waals surface area (Å²) in [6, 6.07) is 7.63. The molecule has 1 N–H and O–H groups in total. The molecule has 0 fully saturated rings. The Balaban J connectivity index is 1.72. The number of halogens is 1. The molecule has 1 amide bonds. The number of methoxy groups -OCH3 is 1. The van der Waals surface area contributed by atoms with Crippen molar-refractivity contribution in [1.29, 1.82) is 0 Å². The lowest BCUT2D eigenvalue weighted by Gasteiger charge is -2.19. The normalized spacial score (nSPS) is 15.7. The quantitative estimate of drug-likeness (QED) is 0.619. The number of carbonyl (C=O) groups excluding carboxylic acids is 1. The fraction of sp³-hybridized carbons (Fsp3) is 0.250. The Morgan fingerprint density at radius 3 is 2.93 bits per heavy atom. The van der Waals surface area contributed by atoms with Gasteiger partial charge < -0.3 is 14.8 Å². The third kappa shape index (κ3) is 4.10. The van der Waals surface area contributed by atoms with E-state index in [0.29, 0.717) is 41.7 Å². The second-order valence-electron chi connectivity index (χ2n) is 6.53. The van der Waals surface area contributed by atoms with E-state index in [-0.39, 0.29) is 18.1 Å². The molecule has 2 aromatic heterocycles. The second kappa shape index (κ2) is 8.72. The topological polar surface area (TPSA) is 108 Å². The van der Waals surface area contributed by atoms with Crippen molar-refractivity contribution in [3.05, 3.63) is 69.1 Å². The second-order valence-corrected chi connectivity index (χ2v) is 7.45. The van der Waals surface area contributed by atoms with E-state index in [1.807, 2.05) is 0 Å². The van der Waals surface area contributed by atoms with Gasteiger partial charge in [0, 0.05) is 16.7 Å². The van der Waals surface area contributed by atoms with E-state index in [9.17, 15) is 9.59 Å². The summed E-state index contributed by atoms with van der Waals surface area (Å²) in [5.41, 5.74) is 1.06. The number of ether oxygens (including phenoxy) is 2. The molecule has 154 valence electrons. The molecule has 0 aliphatic carbocycles. The number of rotatable bonds is 4. The van der Waals surface area contributed by atoms with E-state index in [1.165, 1.54) is 24.1 Å². The van der Waals surface area contributed by atoms with E-state index in [4.69, 9.17) is 9.47 Å². The number of amides is 1. The monoisotopic (exact) mass is 471 g/mol. The molecule has 10 heteroatoms. The minimum Gasteiger partial charge on any atom is -0.496 e. The van der Waals surface area contributed by atoms with Gasteiger partial charge in [0.2, 0.25) is 0 Å². The fourth-order valence-corrected chi connectivity index (χ4v) is 3.58. The van der Waals surface area contributed by atoms with Crippen molar-refractivity contribution in [2.24, 2.45) is 0 Å². The highest BCUT2D eigenvalue weighted by atomic mass is 79.9. The van der Waals surface area contributed by atoms with Gasteiger partial charge in [-0.05, 0) is 24.3 Å². The van der Waals surface area contributed by atoms with Gasteiger partial charge in [-0.25, -0.2) is 15.0 Å². The summed E-state index contributed by atoms with van der Waals surface area (Å²) < 4.78 is 13.2. The van der Waals surface area contributed by atoms with Gasteiger partial charge >= 0.3 is 0 Å². The number of fused-ring (bicyclic) bond motifs is 1. The molecule has 0 saturated heterocycles. The average molecular weight is 472 g/mol. The smallest absolute Gasteiger partial charge is 0.255 e. The Hall–Kier alpha value is -3.11. The summed E-state index contributed by atoms with van der Waals surface area (Å²) in [5.74, 6) is 0.484. The molecule has 9 nitrogen and oxygen atoms in total. The third-order valence-corrected chi connectivity index (χ3v) is 5.14. The Kier molecular flexibility index (Phi) is 5.86. The van der Waals surface area contributed by atoms with Crippen molar-refractivity contribution in [2.75, 3.05) is 20.3 Å². The van der Waals surface area contributed by atoms with Crippen molar-refractivity contribution in [3.63, 3.8) is 0 Å². The van der Waals surface area contributed by atoms with E-state index >= 15 is 0 Å². The number of nitrogens with one attached hydrogen (secondary N) is 1. The molecule has 0 bridgehead atoms. The van der Waals surface area contributed by atoms with Gasteiger partial charge in [-0.1, -0.05) is 15.9 Å². The highest BCUT2D eigenvalue weighted by molar-refractivity contribution is 9.10. The van der Waals surface area contributed by atoms with Crippen LogP contribution in [0.15, 0.2) is 52.1 Å². The maximum absolute atomic E-state index is 13.0. The number of hydrogen-bond donors (Lipinski definition) is 1. The number of hydrogen-bond acceptors (Lipinski definition) is 7. The van der Waals surface area contributed by atoms with Gasteiger partial charge in [0.1, 0.15) is 23.9 Å². The minimum absolute atomic E-state index is 0.182. The molecule has 1 unspecified atom stereocenters. The van der Waals surface area contributed by atoms with Crippen LogP contribution in [0.5, 0.6) is 5.75 Å². The van der Waals surface area contributed by atoms with Crippen molar-refractivity contribution < 1.29 is 14.3 Å². The van der Waals surface area contributed by atoms with Crippen molar-refractivity contribution in [2.45, 2.75) is 12.6 Å². The largest absolute Gasteiger partial charge is 0.496 e.